The molecule has 3 aliphatic rings. The predicted molar refractivity (Wildman–Crippen MR) is 96.2 cm³/mol. The van der Waals surface area contributed by atoms with Crippen LogP contribution >= 0.6 is 0 Å². The van der Waals surface area contributed by atoms with Gasteiger partial charge in [0.25, 0.3) is 0 Å². The van der Waals surface area contributed by atoms with Crippen LogP contribution in [0.3, 0.4) is 0 Å². The molecule has 1 aliphatic heterocycles. The van der Waals surface area contributed by atoms with Crippen LogP contribution in [-0.4, -0.2) is 22.4 Å². The number of amides is 1. The van der Waals surface area contributed by atoms with Gasteiger partial charge in [-0.05, 0) is 61.3 Å². The topological polar surface area (TPSA) is 25.2 Å². The van der Waals surface area contributed by atoms with Gasteiger partial charge in [-0.1, -0.05) is 25.3 Å². The SMILES string of the molecule is O=CN1CCn2c3c(c4cc(C5CCCCC5)ccc42)CCCC31. The van der Waals surface area contributed by atoms with Crippen molar-refractivity contribution in [2.75, 3.05) is 6.54 Å². The van der Waals surface area contributed by atoms with E-state index in [9.17, 15) is 4.79 Å². The number of hydrogen-bond donors (Lipinski definition) is 0. The number of hydrogen-bond acceptors (Lipinski definition) is 1. The fourth-order valence-corrected chi connectivity index (χ4v) is 5.47. The summed E-state index contributed by atoms with van der Waals surface area (Å²) in [5, 5.41) is 1.48. The largest absolute Gasteiger partial charge is 0.341 e. The van der Waals surface area contributed by atoms with E-state index in [-0.39, 0.29) is 0 Å². The van der Waals surface area contributed by atoms with E-state index in [1.54, 1.807) is 5.56 Å². The molecule has 1 saturated carbocycles. The molecule has 126 valence electrons. The summed E-state index contributed by atoms with van der Waals surface area (Å²) in [7, 11) is 0. The Morgan fingerprint density at radius 1 is 1.00 bits per heavy atom. The Kier molecular flexibility index (Phi) is 3.43. The molecule has 3 heteroatoms. The van der Waals surface area contributed by atoms with Crippen LogP contribution in [0, 0.1) is 0 Å². The average molecular weight is 322 g/mol. The summed E-state index contributed by atoms with van der Waals surface area (Å²) in [6, 6.07) is 7.56. The van der Waals surface area contributed by atoms with Crippen LogP contribution in [0.4, 0.5) is 0 Å². The number of benzene rings is 1. The summed E-state index contributed by atoms with van der Waals surface area (Å²) in [6.45, 7) is 1.80. The summed E-state index contributed by atoms with van der Waals surface area (Å²) in [6.07, 6.45) is 11.5. The molecule has 1 fully saturated rings. The van der Waals surface area contributed by atoms with Gasteiger partial charge in [0.15, 0.2) is 0 Å². The fourth-order valence-electron chi connectivity index (χ4n) is 5.47. The Labute approximate surface area is 143 Å². The lowest BCUT2D eigenvalue weighted by Gasteiger charge is -2.37. The van der Waals surface area contributed by atoms with Crippen molar-refractivity contribution in [1.82, 2.24) is 9.47 Å². The molecule has 0 saturated heterocycles. The smallest absolute Gasteiger partial charge is 0.210 e. The van der Waals surface area contributed by atoms with Gasteiger partial charge in [0, 0.05) is 29.7 Å². The van der Waals surface area contributed by atoms with Gasteiger partial charge in [-0.2, -0.15) is 0 Å². The highest BCUT2D eigenvalue weighted by Crippen LogP contribution is 2.43. The molecule has 5 rings (SSSR count). The second-order valence-corrected chi connectivity index (χ2v) is 7.88. The third-order valence-corrected chi connectivity index (χ3v) is 6.65. The average Bonchev–Trinajstić information content (AvgIpc) is 2.98. The van der Waals surface area contributed by atoms with Crippen LogP contribution in [0.2, 0.25) is 0 Å². The lowest BCUT2D eigenvalue weighted by Crippen LogP contribution is -2.38. The van der Waals surface area contributed by atoms with E-state index in [1.807, 2.05) is 4.90 Å². The van der Waals surface area contributed by atoms with E-state index in [0.717, 1.165) is 31.8 Å². The third-order valence-electron chi connectivity index (χ3n) is 6.65. The van der Waals surface area contributed by atoms with Crippen LogP contribution in [0.25, 0.3) is 10.9 Å². The van der Waals surface area contributed by atoms with Gasteiger partial charge in [0.1, 0.15) is 0 Å². The number of rotatable bonds is 2. The Morgan fingerprint density at radius 2 is 1.88 bits per heavy atom. The molecule has 1 amide bonds. The van der Waals surface area contributed by atoms with E-state index in [2.05, 4.69) is 22.8 Å². The van der Waals surface area contributed by atoms with Crippen molar-refractivity contribution in [3.8, 4) is 0 Å². The van der Waals surface area contributed by atoms with Gasteiger partial charge < -0.3 is 9.47 Å². The molecule has 1 atom stereocenters. The first-order chi connectivity index (χ1) is 11.9. The number of fused-ring (bicyclic) bond motifs is 3. The minimum atomic E-state index is 0.311. The number of aromatic nitrogens is 1. The van der Waals surface area contributed by atoms with Crippen LogP contribution in [0.1, 0.15) is 73.7 Å². The lowest BCUT2D eigenvalue weighted by molar-refractivity contribution is -0.121. The zero-order valence-corrected chi connectivity index (χ0v) is 14.3. The first-order valence-electron chi connectivity index (χ1n) is 9.73. The molecule has 1 aromatic carbocycles. The maximum Gasteiger partial charge on any atom is 0.210 e. The van der Waals surface area contributed by atoms with E-state index in [4.69, 9.17) is 0 Å². The Hall–Kier alpha value is -1.77. The number of carbonyl (C=O) groups excluding carboxylic acids is 1. The van der Waals surface area contributed by atoms with Gasteiger partial charge in [0.05, 0.1) is 6.04 Å². The van der Waals surface area contributed by atoms with Gasteiger partial charge in [-0.3, -0.25) is 4.79 Å². The second kappa shape index (κ2) is 5.65. The normalized spacial score (nSPS) is 24.2. The van der Waals surface area contributed by atoms with Crippen molar-refractivity contribution < 1.29 is 4.79 Å². The van der Waals surface area contributed by atoms with Crippen molar-refractivity contribution in [2.45, 2.75) is 69.9 Å². The number of aryl methyl sites for hydroxylation is 1. The molecule has 3 nitrogen and oxygen atoms in total. The van der Waals surface area contributed by atoms with E-state index in [1.165, 1.54) is 67.1 Å². The fraction of sp³-hybridized carbons (Fsp3) is 0.571. The Morgan fingerprint density at radius 3 is 2.71 bits per heavy atom. The monoisotopic (exact) mass is 322 g/mol. The second-order valence-electron chi connectivity index (χ2n) is 7.88. The number of carbonyl (C=O) groups is 1. The highest BCUT2D eigenvalue weighted by Gasteiger charge is 2.34. The molecule has 2 heterocycles. The van der Waals surface area contributed by atoms with Gasteiger partial charge in [0.2, 0.25) is 6.41 Å². The maximum absolute atomic E-state index is 11.5. The summed E-state index contributed by atoms with van der Waals surface area (Å²) < 4.78 is 2.51. The van der Waals surface area contributed by atoms with Gasteiger partial charge >= 0.3 is 0 Å². The first-order valence-corrected chi connectivity index (χ1v) is 9.73. The molecular formula is C21H26N2O. The van der Waals surface area contributed by atoms with Crippen LogP contribution < -0.4 is 0 Å². The molecule has 2 aliphatic carbocycles. The minimum Gasteiger partial charge on any atom is -0.341 e. The molecule has 1 unspecified atom stereocenters. The van der Waals surface area contributed by atoms with Crippen molar-refractivity contribution >= 4 is 17.3 Å². The molecule has 1 aromatic heterocycles. The Bertz CT molecular complexity index is 785. The van der Waals surface area contributed by atoms with Crippen molar-refractivity contribution in [3.05, 3.63) is 35.0 Å². The summed E-state index contributed by atoms with van der Waals surface area (Å²) >= 11 is 0. The van der Waals surface area contributed by atoms with Crippen molar-refractivity contribution in [2.24, 2.45) is 0 Å². The summed E-state index contributed by atoms with van der Waals surface area (Å²) in [5.41, 5.74) is 5.92. The van der Waals surface area contributed by atoms with Crippen LogP contribution in [-0.2, 0) is 17.8 Å². The number of nitrogens with zero attached hydrogens (tertiary/aromatic N) is 2. The predicted octanol–water partition coefficient (Wildman–Crippen LogP) is 4.54. The molecule has 0 N–H and O–H groups in total. The van der Waals surface area contributed by atoms with E-state index < -0.39 is 0 Å². The standard InChI is InChI=1S/C21H26N2O/c24-14-22-11-12-23-19-10-9-16(15-5-2-1-3-6-15)13-18(19)17-7-4-8-20(22)21(17)23/h9-10,13-15,20H,1-8,11-12H2. The molecule has 0 radical (unpaired) electrons. The van der Waals surface area contributed by atoms with Crippen LogP contribution in [0.5, 0.6) is 0 Å². The zero-order chi connectivity index (χ0) is 16.1. The molecule has 24 heavy (non-hydrogen) atoms. The lowest BCUT2D eigenvalue weighted by atomic mass is 9.83. The van der Waals surface area contributed by atoms with Crippen LogP contribution in [0.15, 0.2) is 18.2 Å². The zero-order valence-electron chi connectivity index (χ0n) is 14.3. The highest BCUT2D eigenvalue weighted by molar-refractivity contribution is 5.87. The quantitative estimate of drug-likeness (QED) is 0.745. The maximum atomic E-state index is 11.5. The van der Waals surface area contributed by atoms with Gasteiger partial charge in [-0.25, -0.2) is 0 Å². The van der Waals surface area contributed by atoms with Crippen molar-refractivity contribution in [1.29, 1.82) is 0 Å². The molecule has 2 aromatic rings. The third kappa shape index (κ3) is 2.06. The summed E-state index contributed by atoms with van der Waals surface area (Å²) in [4.78, 5) is 13.5. The summed E-state index contributed by atoms with van der Waals surface area (Å²) in [5.74, 6) is 0.762. The van der Waals surface area contributed by atoms with Crippen molar-refractivity contribution in [3.63, 3.8) is 0 Å². The molecular weight excluding hydrogens is 296 g/mol. The highest BCUT2D eigenvalue weighted by atomic mass is 16.1. The van der Waals surface area contributed by atoms with Gasteiger partial charge in [-0.15, -0.1) is 0 Å². The minimum absolute atomic E-state index is 0.311. The molecule has 0 spiro atoms. The van der Waals surface area contributed by atoms with E-state index >= 15 is 0 Å². The first kappa shape index (κ1) is 14.6. The van der Waals surface area contributed by atoms with E-state index in [0.29, 0.717) is 6.04 Å². The Balaban J connectivity index is 1.65. The molecule has 0 bridgehead atoms.